The van der Waals surface area contributed by atoms with Crippen molar-refractivity contribution in [1.29, 1.82) is 0 Å². The fourth-order valence-electron chi connectivity index (χ4n) is 3.75. The third kappa shape index (κ3) is 4.74. The van der Waals surface area contributed by atoms with Gasteiger partial charge in [0.1, 0.15) is 12.2 Å². The first-order valence-electron chi connectivity index (χ1n) is 10.2. The van der Waals surface area contributed by atoms with Gasteiger partial charge in [-0.25, -0.2) is 0 Å². The topological polar surface area (TPSA) is 74.3 Å². The van der Waals surface area contributed by atoms with E-state index >= 15 is 0 Å². The van der Waals surface area contributed by atoms with Crippen molar-refractivity contribution in [3.63, 3.8) is 0 Å². The SMILES string of the molecule is C=CCN1C(=O)C(CC(=O)OCC)OC(c2cccc(OC)c2OC)c2cc(Cl)ccc21. The van der Waals surface area contributed by atoms with Crippen LogP contribution in [0.3, 0.4) is 0 Å². The van der Waals surface area contributed by atoms with Gasteiger partial charge in [-0.1, -0.05) is 29.8 Å². The number of para-hydroxylation sites is 1. The van der Waals surface area contributed by atoms with E-state index < -0.39 is 18.2 Å². The van der Waals surface area contributed by atoms with Crippen LogP contribution >= 0.6 is 11.6 Å². The second-order valence-corrected chi connectivity index (χ2v) is 7.47. The summed E-state index contributed by atoms with van der Waals surface area (Å²) >= 11 is 6.33. The van der Waals surface area contributed by atoms with E-state index in [1.54, 1.807) is 50.4 Å². The maximum atomic E-state index is 13.4. The van der Waals surface area contributed by atoms with E-state index in [0.29, 0.717) is 33.3 Å². The van der Waals surface area contributed by atoms with Gasteiger partial charge in [0, 0.05) is 22.7 Å². The molecule has 0 bridgehead atoms. The highest BCUT2D eigenvalue weighted by Crippen LogP contribution is 2.45. The largest absolute Gasteiger partial charge is 0.493 e. The Morgan fingerprint density at radius 2 is 2.00 bits per heavy atom. The molecule has 0 saturated heterocycles. The molecule has 2 aromatic rings. The number of benzene rings is 2. The summed E-state index contributed by atoms with van der Waals surface area (Å²) in [6.07, 6.45) is -0.456. The number of hydrogen-bond donors (Lipinski definition) is 0. The van der Waals surface area contributed by atoms with E-state index in [9.17, 15) is 9.59 Å². The predicted octanol–water partition coefficient (Wildman–Crippen LogP) is 4.32. The van der Waals surface area contributed by atoms with Crippen LogP contribution in [-0.4, -0.2) is 45.4 Å². The zero-order valence-electron chi connectivity index (χ0n) is 18.3. The lowest BCUT2D eigenvalue weighted by Crippen LogP contribution is -2.40. The number of fused-ring (bicyclic) bond motifs is 1. The smallest absolute Gasteiger partial charge is 0.308 e. The zero-order chi connectivity index (χ0) is 23.3. The lowest BCUT2D eigenvalue weighted by atomic mass is 9.98. The molecular formula is C24H26ClNO6. The van der Waals surface area contributed by atoms with Crippen LogP contribution in [0.5, 0.6) is 11.5 Å². The Kier molecular flexibility index (Phi) is 7.77. The number of anilines is 1. The number of rotatable bonds is 8. The molecule has 0 spiro atoms. The molecule has 1 aliphatic heterocycles. The molecule has 0 N–H and O–H groups in total. The van der Waals surface area contributed by atoms with Crippen LogP contribution in [0.15, 0.2) is 49.1 Å². The van der Waals surface area contributed by atoms with Crippen molar-refractivity contribution in [2.45, 2.75) is 25.6 Å². The number of amides is 1. The monoisotopic (exact) mass is 459 g/mol. The predicted molar refractivity (Wildman–Crippen MR) is 122 cm³/mol. The highest BCUT2D eigenvalue weighted by molar-refractivity contribution is 6.30. The quantitative estimate of drug-likeness (QED) is 0.432. The summed E-state index contributed by atoms with van der Waals surface area (Å²) in [6, 6.07) is 10.6. The van der Waals surface area contributed by atoms with Crippen molar-refractivity contribution in [1.82, 2.24) is 0 Å². The van der Waals surface area contributed by atoms with Gasteiger partial charge < -0.3 is 23.8 Å². The summed E-state index contributed by atoms with van der Waals surface area (Å²) in [5, 5.41) is 0.481. The van der Waals surface area contributed by atoms with Crippen molar-refractivity contribution in [3.8, 4) is 11.5 Å². The Labute approximate surface area is 192 Å². The molecule has 1 amide bonds. The second kappa shape index (κ2) is 10.5. The van der Waals surface area contributed by atoms with E-state index in [0.717, 1.165) is 0 Å². The average Bonchev–Trinajstić information content (AvgIpc) is 2.89. The Bertz CT molecular complexity index is 1010. The summed E-state index contributed by atoms with van der Waals surface area (Å²) < 4.78 is 22.4. The molecule has 32 heavy (non-hydrogen) atoms. The van der Waals surface area contributed by atoms with Crippen LogP contribution < -0.4 is 14.4 Å². The fraction of sp³-hybridized carbons (Fsp3) is 0.333. The minimum atomic E-state index is -1.08. The minimum absolute atomic E-state index is 0.207. The Morgan fingerprint density at radius 3 is 2.66 bits per heavy atom. The van der Waals surface area contributed by atoms with Crippen LogP contribution in [0, 0.1) is 0 Å². The van der Waals surface area contributed by atoms with Crippen molar-refractivity contribution in [3.05, 3.63) is 65.2 Å². The van der Waals surface area contributed by atoms with Crippen molar-refractivity contribution >= 4 is 29.2 Å². The van der Waals surface area contributed by atoms with Crippen LogP contribution in [0.4, 0.5) is 5.69 Å². The molecule has 8 heteroatoms. The van der Waals surface area contributed by atoms with Crippen LogP contribution in [0.1, 0.15) is 30.6 Å². The lowest BCUT2D eigenvalue weighted by molar-refractivity contribution is -0.151. The number of hydrogen-bond acceptors (Lipinski definition) is 6. The molecule has 2 atom stereocenters. The molecular weight excluding hydrogens is 434 g/mol. The van der Waals surface area contributed by atoms with Crippen molar-refractivity contribution in [2.24, 2.45) is 0 Å². The Balaban J connectivity index is 2.21. The van der Waals surface area contributed by atoms with Gasteiger partial charge in [0.05, 0.1) is 32.9 Å². The summed E-state index contributed by atoms with van der Waals surface area (Å²) in [5.74, 6) is 0.0821. The summed E-state index contributed by atoms with van der Waals surface area (Å²) in [4.78, 5) is 27.2. The molecule has 0 radical (unpaired) electrons. The highest BCUT2D eigenvalue weighted by atomic mass is 35.5. The summed E-state index contributed by atoms with van der Waals surface area (Å²) in [6.45, 7) is 5.91. The van der Waals surface area contributed by atoms with Gasteiger partial charge in [-0.05, 0) is 31.2 Å². The number of carbonyl (C=O) groups excluding carboxylic acids is 2. The fourth-order valence-corrected chi connectivity index (χ4v) is 3.93. The highest BCUT2D eigenvalue weighted by Gasteiger charge is 2.39. The number of esters is 1. The van der Waals surface area contributed by atoms with Crippen molar-refractivity contribution < 1.29 is 28.5 Å². The Morgan fingerprint density at radius 1 is 1.22 bits per heavy atom. The molecule has 170 valence electrons. The van der Waals surface area contributed by atoms with E-state index in [1.165, 1.54) is 12.0 Å². The molecule has 1 heterocycles. The normalized spacial score (nSPS) is 17.9. The molecule has 0 aliphatic carbocycles. The average molecular weight is 460 g/mol. The Hall–Kier alpha value is -3.03. The molecule has 1 aliphatic rings. The number of ether oxygens (including phenoxy) is 4. The van der Waals surface area contributed by atoms with Gasteiger partial charge in [-0.2, -0.15) is 0 Å². The summed E-state index contributed by atoms with van der Waals surface area (Å²) in [5.41, 5.74) is 1.91. The number of nitrogens with zero attached hydrogens (tertiary/aromatic N) is 1. The van der Waals surface area contributed by atoms with Gasteiger partial charge in [0.25, 0.3) is 5.91 Å². The minimum Gasteiger partial charge on any atom is -0.493 e. The molecule has 2 aromatic carbocycles. The molecule has 2 unspecified atom stereocenters. The van der Waals surface area contributed by atoms with Gasteiger partial charge >= 0.3 is 5.97 Å². The third-order valence-corrected chi connectivity index (χ3v) is 5.32. The number of methoxy groups -OCH3 is 2. The van der Waals surface area contributed by atoms with Gasteiger partial charge in [0.15, 0.2) is 11.5 Å². The maximum Gasteiger partial charge on any atom is 0.308 e. The second-order valence-electron chi connectivity index (χ2n) is 7.04. The van der Waals surface area contributed by atoms with E-state index in [4.69, 9.17) is 30.5 Å². The van der Waals surface area contributed by atoms with Gasteiger partial charge in [0.2, 0.25) is 0 Å². The van der Waals surface area contributed by atoms with E-state index in [1.807, 2.05) is 6.07 Å². The molecule has 0 aromatic heterocycles. The molecule has 0 fully saturated rings. The molecule has 0 saturated carbocycles. The maximum absolute atomic E-state index is 13.4. The van der Waals surface area contributed by atoms with Gasteiger partial charge in [-0.3, -0.25) is 9.59 Å². The van der Waals surface area contributed by atoms with Crippen LogP contribution in [0.2, 0.25) is 5.02 Å². The van der Waals surface area contributed by atoms with E-state index in [-0.39, 0.29) is 25.5 Å². The third-order valence-electron chi connectivity index (χ3n) is 5.09. The van der Waals surface area contributed by atoms with Crippen LogP contribution in [-0.2, 0) is 19.1 Å². The van der Waals surface area contributed by atoms with Crippen LogP contribution in [0.25, 0.3) is 0 Å². The molecule has 7 nitrogen and oxygen atoms in total. The van der Waals surface area contributed by atoms with Gasteiger partial charge in [-0.15, -0.1) is 6.58 Å². The first-order valence-corrected chi connectivity index (χ1v) is 10.6. The number of halogens is 1. The van der Waals surface area contributed by atoms with Crippen molar-refractivity contribution in [2.75, 3.05) is 32.3 Å². The standard InChI is InChI=1S/C24H26ClNO6/c1-5-12-26-18-11-10-15(25)13-17(18)22(16-8-7-9-19(29-3)23(16)30-4)32-20(24(26)28)14-21(27)31-6-2/h5,7-11,13,20,22H,1,6,12,14H2,2-4H3. The summed E-state index contributed by atoms with van der Waals surface area (Å²) in [7, 11) is 3.07. The zero-order valence-corrected chi connectivity index (χ0v) is 19.1. The number of carbonyl (C=O) groups is 2. The first-order chi connectivity index (χ1) is 15.4. The molecule has 3 rings (SSSR count). The first kappa shape index (κ1) is 23.6. The lowest BCUT2D eigenvalue weighted by Gasteiger charge is -2.24. The van der Waals surface area contributed by atoms with E-state index in [2.05, 4.69) is 6.58 Å².